The minimum absolute atomic E-state index is 0.475. The molecule has 0 amide bonds. The molecule has 0 aliphatic rings. The van der Waals surface area contributed by atoms with E-state index in [4.69, 9.17) is 9.47 Å². The first-order valence-corrected chi connectivity index (χ1v) is 7.20. The Balaban J connectivity index is 1.44. The molecule has 0 fully saturated rings. The van der Waals surface area contributed by atoms with Crippen LogP contribution in [0.4, 0.5) is 5.95 Å². The maximum Gasteiger partial charge on any atom is 0.245 e. The van der Waals surface area contributed by atoms with Crippen molar-refractivity contribution in [3.05, 3.63) is 66.5 Å². The van der Waals surface area contributed by atoms with Crippen LogP contribution in [0.5, 0.6) is 11.5 Å². The molecular formula is C17H16N4O2. The minimum atomic E-state index is 0.475. The quantitative estimate of drug-likeness (QED) is 0.538. The second-order valence-electron chi connectivity index (χ2n) is 4.65. The Bertz CT molecular complexity index is 725. The third-order valence-electron chi connectivity index (χ3n) is 2.98. The highest BCUT2D eigenvalue weighted by atomic mass is 16.5. The van der Waals surface area contributed by atoms with Crippen LogP contribution < -0.4 is 9.47 Å². The Morgan fingerprint density at radius 1 is 0.913 bits per heavy atom. The molecule has 1 heterocycles. The molecule has 0 radical (unpaired) electrons. The van der Waals surface area contributed by atoms with E-state index in [2.05, 4.69) is 20.2 Å². The van der Waals surface area contributed by atoms with Crippen LogP contribution in [0.25, 0.3) is 0 Å². The van der Waals surface area contributed by atoms with Crippen molar-refractivity contribution in [1.82, 2.24) is 15.2 Å². The first-order chi connectivity index (χ1) is 11.4. The van der Waals surface area contributed by atoms with Crippen LogP contribution in [0.3, 0.4) is 0 Å². The number of nitrogens with one attached hydrogen (secondary N) is 1. The second-order valence-corrected chi connectivity index (χ2v) is 4.65. The van der Waals surface area contributed by atoms with Crippen LogP contribution in [-0.2, 0) is 0 Å². The van der Waals surface area contributed by atoms with Gasteiger partial charge in [-0.05, 0) is 42.0 Å². The first-order valence-electron chi connectivity index (χ1n) is 7.20. The fraction of sp³-hybridized carbons (Fsp3) is 0.118. The molecule has 0 aliphatic heterocycles. The predicted molar refractivity (Wildman–Crippen MR) is 87.5 cm³/mol. The van der Waals surface area contributed by atoms with E-state index in [0.717, 1.165) is 17.1 Å². The zero-order chi connectivity index (χ0) is 15.7. The lowest BCUT2D eigenvalue weighted by Gasteiger charge is -2.08. The first kappa shape index (κ1) is 14.8. The average molecular weight is 308 g/mol. The number of rotatable bonds is 7. The summed E-state index contributed by atoms with van der Waals surface area (Å²) in [4.78, 5) is 8.08. The summed E-state index contributed by atoms with van der Waals surface area (Å²) in [5.41, 5.74) is 0.953. The van der Waals surface area contributed by atoms with Crippen molar-refractivity contribution in [3.8, 4) is 11.5 Å². The number of aliphatic imine (C=N–C) groups is 1. The normalized spacial score (nSPS) is 10.8. The Morgan fingerprint density at radius 2 is 1.61 bits per heavy atom. The molecule has 2 aromatic carbocycles. The maximum absolute atomic E-state index is 5.64. The van der Waals surface area contributed by atoms with E-state index in [1.54, 1.807) is 6.21 Å². The molecule has 0 saturated heterocycles. The van der Waals surface area contributed by atoms with Gasteiger partial charge in [0.2, 0.25) is 5.95 Å². The van der Waals surface area contributed by atoms with E-state index in [-0.39, 0.29) is 0 Å². The van der Waals surface area contributed by atoms with E-state index in [1.165, 1.54) is 6.33 Å². The molecule has 0 unspecified atom stereocenters. The lowest BCUT2D eigenvalue weighted by Crippen LogP contribution is -2.08. The smallest absolute Gasteiger partial charge is 0.245 e. The number of aromatic nitrogens is 3. The molecule has 3 aromatic rings. The van der Waals surface area contributed by atoms with E-state index >= 15 is 0 Å². The van der Waals surface area contributed by atoms with Crippen molar-refractivity contribution >= 4 is 12.2 Å². The minimum Gasteiger partial charge on any atom is -0.490 e. The number of nitrogens with zero attached hydrogens (tertiary/aromatic N) is 3. The van der Waals surface area contributed by atoms with Crippen molar-refractivity contribution in [1.29, 1.82) is 0 Å². The van der Waals surface area contributed by atoms with Crippen LogP contribution in [0, 0.1) is 0 Å². The third kappa shape index (κ3) is 4.67. The van der Waals surface area contributed by atoms with E-state index in [9.17, 15) is 0 Å². The van der Waals surface area contributed by atoms with Gasteiger partial charge in [0.1, 0.15) is 31.0 Å². The number of benzene rings is 2. The summed E-state index contributed by atoms with van der Waals surface area (Å²) >= 11 is 0. The summed E-state index contributed by atoms with van der Waals surface area (Å²) in [6.45, 7) is 0.985. The molecule has 0 aliphatic carbocycles. The molecule has 23 heavy (non-hydrogen) atoms. The fourth-order valence-corrected chi connectivity index (χ4v) is 1.88. The third-order valence-corrected chi connectivity index (χ3v) is 2.98. The molecule has 116 valence electrons. The van der Waals surface area contributed by atoms with Gasteiger partial charge in [-0.3, -0.25) is 0 Å². The molecule has 0 bridgehead atoms. The van der Waals surface area contributed by atoms with Gasteiger partial charge < -0.3 is 9.47 Å². The Labute approximate surface area is 133 Å². The van der Waals surface area contributed by atoms with Crippen molar-refractivity contribution in [2.24, 2.45) is 4.99 Å². The Hall–Kier alpha value is -3.15. The summed E-state index contributed by atoms with van der Waals surface area (Å²) in [7, 11) is 0. The van der Waals surface area contributed by atoms with Gasteiger partial charge in [-0.25, -0.2) is 10.1 Å². The van der Waals surface area contributed by atoms with Crippen LogP contribution in [0.1, 0.15) is 5.56 Å². The van der Waals surface area contributed by atoms with Gasteiger partial charge in [0.05, 0.1) is 0 Å². The molecule has 0 saturated carbocycles. The summed E-state index contributed by atoms with van der Waals surface area (Å²) in [6.07, 6.45) is 3.13. The van der Waals surface area contributed by atoms with Gasteiger partial charge in [0, 0.05) is 6.21 Å². The molecule has 1 N–H and O–H groups in total. The van der Waals surface area contributed by atoms with Crippen molar-refractivity contribution < 1.29 is 9.47 Å². The van der Waals surface area contributed by atoms with Crippen LogP contribution >= 0.6 is 0 Å². The Kier molecular flexibility index (Phi) is 4.97. The standard InChI is InChI=1S/C17H16N4O2/c1-2-4-15(5-3-1)22-10-11-23-16-8-6-14(7-9-16)12-18-17-19-13-20-21-17/h1-9,12-13H,10-11H2,(H,19,20,21)/b18-12+. The summed E-state index contributed by atoms with van der Waals surface area (Å²) in [6, 6.07) is 17.3. The predicted octanol–water partition coefficient (Wildman–Crippen LogP) is 3.01. The van der Waals surface area contributed by atoms with Crippen molar-refractivity contribution in [3.63, 3.8) is 0 Å². The zero-order valence-electron chi connectivity index (χ0n) is 12.4. The molecule has 3 rings (SSSR count). The fourth-order valence-electron chi connectivity index (χ4n) is 1.88. The van der Waals surface area contributed by atoms with E-state index < -0.39 is 0 Å². The highest BCUT2D eigenvalue weighted by Crippen LogP contribution is 2.12. The molecule has 1 aromatic heterocycles. The van der Waals surface area contributed by atoms with Crippen molar-refractivity contribution in [2.75, 3.05) is 13.2 Å². The van der Waals surface area contributed by atoms with Crippen molar-refractivity contribution in [2.45, 2.75) is 0 Å². The topological polar surface area (TPSA) is 72.4 Å². The van der Waals surface area contributed by atoms with Gasteiger partial charge in [0.25, 0.3) is 0 Å². The summed E-state index contributed by atoms with van der Waals surface area (Å²) in [5, 5.41) is 6.40. The number of hydrogen-bond acceptors (Lipinski definition) is 5. The highest BCUT2D eigenvalue weighted by molar-refractivity contribution is 5.81. The second kappa shape index (κ2) is 7.74. The maximum atomic E-state index is 5.64. The highest BCUT2D eigenvalue weighted by Gasteiger charge is 1.96. The molecule has 0 spiro atoms. The van der Waals surface area contributed by atoms with Gasteiger partial charge in [-0.1, -0.05) is 18.2 Å². The lowest BCUT2D eigenvalue weighted by atomic mass is 10.2. The van der Waals surface area contributed by atoms with Gasteiger partial charge in [0.15, 0.2) is 0 Å². The van der Waals surface area contributed by atoms with Gasteiger partial charge in [-0.2, -0.15) is 10.1 Å². The van der Waals surface area contributed by atoms with Gasteiger partial charge >= 0.3 is 0 Å². The number of hydrogen-bond donors (Lipinski definition) is 1. The monoisotopic (exact) mass is 308 g/mol. The van der Waals surface area contributed by atoms with Crippen LogP contribution in [-0.4, -0.2) is 34.6 Å². The average Bonchev–Trinajstić information content (AvgIpc) is 3.12. The summed E-state index contributed by atoms with van der Waals surface area (Å²) < 4.78 is 11.2. The summed E-state index contributed by atoms with van der Waals surface area (Å²) in [5.74, 6) is 2.11. The number of H-pyrrole nitrogens is 1. The van der Waals surface area contributed by atoms with E-state index in [0.29, 0.717) is 19.2 Å². The number of ether oxygens (including phenoxy) is 2. The number of para-hydroxylation sites is 1. The lowest BCUT2D eigenvalue weighted by molar-refractivity contribution is 0.217. The molecular weight excluding hydrogens is 292 g/mol. The largest absolute Gasteiger partial charge is 0.490 e. The number of aromatic amines is 1. The molecule has 6 heteroatoms. The van der Waals surface area contributed by atoms with Gasteiger partial charge in [-0.15, -0.1) is 0 Å². The Morgan fingerprint density at radius 3 is 2.26 bits per heavy atom. The molecule has 6 nitrogen and oxygen atoms in total. The molecule has 0 atom stereocenters. The SMILES string of the molecule is C(=N\c1ncn[nH]1)/c1ccc(OCCOc2ccccc2)cc1. The van der Waals surface area contributed by atoms with E-state index in [1.807, 2.05) is 54.6 Å². The van der Waals surface area contributed by atoms with Crippen LogP contribution in [0.2, 0.25) is 0 Å². The van der Waals surface area contributed by atoms with Crippen LogP contribution in [0.15, 0.2) is 65.9 Å². The zero-order valence-corrected chi connectivity index (χ0v) is 12.4.